The minimum absolute atomic E-state index is 0.0298. The van der Waals surface area contributed by atoms with Gasteiger partial charge in [-0.05, 0) is 79.3 Å². The second-order valence-electron chi connectivity index (χ2n) is 13.1. The predicted octanol–water partition coefficient (Wildman–Crippen LogP) is 4.42. The monoisotopic (exact) mass is 514 g/mol. The van der Waals surface area contributed by atoms with Crippen molar-refractivity contribution >= 4 is 10.4 Å². The van der Waals surface area contributed by atoms with E-state index in [9.17, 15) is 28.3 Å². The molecule has 202 valence electrons. The molecule has 0 aromatic rings. The molecule has 0 aromatic heterocycles. The van der Waals surface area contributed by atoms with Gasteiger partial charge in [-0.2, -0.15) is 8.42 Å². The van der Waals surface area contributed by atoms with Crippen molar-refractivity contribution in [1.82, 2.24) is 0 Å². The van der Waals surface area contributed by atoms with Gasteiger partial charge in [0.25, 0.3) is 0 Å². The van der Waals surface area contributed by atoms with Crippen LogP contribution in [0.4, 0.5) is 0 Å². The minimum atomic E-state index is -4.86. The van der Waals surface area contributed by atoms with Crippen LogP contribution in [0.25, 0.3) is 0 Å². The molecule has 7 nitrogen and oxygen atoms in total. The van der Waals surface area contributed by atoms with E-state index in [1.54, 1.807) is 13.0 Å². The molecule has 0 saturated heterocycles. The van der Waals surface area contributed by atoms with Crippen LogP contribution in [0.2, 0.25) is 0 Å². The smallest absolute Gasteiger partial charge is 0.393 e. The molecule has 3 fully saturated rings. The summed E-state index contributed by atoms with van der Waals surface area (Å²) in [7, 11) is -4.86. The number of hydrogen-bond acceptors (Lipinski definition) is 6. The Morgan fingerprint density at radius 3 is 2.37 bits per heavy atom. The molecule has 4 aliphatic carbocycles. The summed E-state index contributed by atoms with van der Waals surface area (Å²) in [5, 5.41) is 34.6. The molecule has 0 heterocycles. The maximum atomic E-state index is 12.3. The van der Waals surface area contributed by atoms with Gasteiger partial charge in [-0.3, -0.25) is 4.55 Å². The zero-order valence-electron chi connectivity index (χ0n) is 22.0. The minimum Gasteiger partial charge on any atom is -0.393 e. The highest BCUT2D eigenvalue weighted by molar-refractivity contribution is 7.80. The van der Waals surface area contributed by atoms with Crippen molar-refractivity contribution in [3.63, 3.8) is 0 Å². The number of aliphatic hydroxyl groups is 3. The Balaban J connectivity index is 1.72. The van der Waals surface area contributed by atoms with Crippen LogP contribution in [0.1, 0.15) is 98.8 Å². The molecule has 0 aliphatic heterocycles. The van der Waals surface area contributed by atoms with Crippen LogP contribution in [-0.4, -0.2) is 51.7 Å². The standard InChI is InChI=1S/C27H46O7S/c1-17(2)7-6-8-18(3)20-9-10-21-22-15-23(34-35(31,32)33)27(30)16-19(28)11-12-25(27,5)26(22,29)14-13-24(20,21)4/h15,17-21,23,28-30H,6-14,16H2,1-5H3,(H,31,32,33)/t18-,19+,20-,21+,23+,24-,25-,26-,27+/m1/s1. The zero-order chi connectivity index (χ0) is 26.0. The van der Waals surface area contributed by atoms with Gasteiger partial charge in [-0.1, -0.05) is 53.9 Å². The molecule has 0 spiro atoms. The number of hydrogen-bond donors (Lipinski definition) is 4. The van der Waals surface area contributed by atoms with Crippen molar-refractivity contribution in [3.05, 3.63) is 11.6 Å². The Morgan fingerprint density at radius 1 is 1.06 bits per heavy atom. The maximum absolute atomic E-state index is 12.3. The Morgan fingerprint density at radius 2 is 1.74 bits per heavy atom. The van der Waals surface area contributed by atoms with Crippen molar-refractivity contribution in [2.75, 3.05) is 0 Å². The lowest BCUT2D eigenvalue weighted by Crippen LogP contribution is -2.73. The Labute approximate surface area is 211 Å². The highest BCUT2D eigenvalue weighted by Gasteiger charge is 2.71. The van der Waals surface area contributed by atoms with E-state index in [-0.39, 0.29) is 17.8 Å². The zero-order valence-corrected chi connectivity index (χ0v) is 22.9. The molecule has 4 aliphatic rings. The van der Waals surface area contributed by atoms with E-state index in [0.29, 0.717) is 37.0 Å². The summed E-state index contributed by atoms with van der Waals surface area (Å²) in [4.78, 5) is 0. The topological polar surface area (TPSA) is 124 Å². The summed E-state index contributed by atoms with van der Waals surface area (Å²) in [5.74, 6) is 1.81. The van der Waals surface area contributed by atoms with E-state index in [0.717, 1.165) is 24.8 Å². The molecule has 0 amide bonds. The fraction of sp³-hybridized carbons (Fsp3) is 0.926. The van der Waals surface area contributed by atoms with Gasteiger partial charge in [0, 0.05) is 11.8 Å². The first kappa shape index (κ1) is 27.5. The molecule has 0 aromatic carbocycles. The number of rotatable bonds is 7. The molecule has 4 N–H and O–H groups in total. The summed E-state index contributed by atoms with van der Waals surface area (Å²) >= 11 is 0. The van der Waals surface area contributed by atoms with Crippen LogP contribution in [0.5, 0.6) is 0 Å². The van der Waals surface area contributed by atoms with E-state index in [1.807, 2.05) is 0 Å². The SMILES string of the molecule is CC(C)CCC[C@@H](C)[C@H]1CC[C@H]2C3=C[C@H](OS(=O)(=O)O)[C@@]4(O)C[C@@H](O)CC[C@]4(C)[C@@]3(O)CC[C@]12C. The first-order chi connectivity index (χ1) is 16.1. The predicted molar refractivity (Wildman–Crippen MR) is 134 cm³/mol. The normalized spacial score (nSPS) is 46.5. The van der Waals surface area contributed by atoms with Gasteiger partial charge in [-0.25, -0.2) is 4.18 Å². The Hall–Kier alpha value is -0.510. The first-order valence-electron chi connectivity index (χ1n) is 13.6. The van der Waals surface area contributed by atoms with Crippen LogP contribution >= 0.6 is 0 Å². The largest absolute Gasteiger partial charge is 0.398 e. The van der Waals surface area contributed by atoms with Gasteiger partial charge in [0.1, 0.15) is 11.7 Å². The van der Waals surface area contributed by atoms with Gasteiger partial charge in [0.05, 0.1) is 11.7 Å². The van der Waals surface area contributed by atoms with Crippen LogP contribution in [-0.2, 0) is 14.6 Å². The van der Waals surface area contributed by atoms with Gasteiger partial charge in [0.15, 0.2) is 0 Å². The summed E-state index contributed by atoms with van der Waals surface area (Å²) < 4.78 is 38.2. The third-order valence-electron chi connectivity index (χ3n) is 10.8. The maximum Gasteiger partial charge on any atom is 0.398 e. The molecule has 9 atom stereocenters. The third kappa shape index (κ3) is 4.34. The lowest BCUT2D eigenvalue weighted by molar-refractivity contribution is -0.255. The average molecular weight is 515 g/mol. The highest BCUT2D eigenvalue weighted by Crippen LogP contribution is 2.69. The molecule has 8 heteroatoms. The van der Waals surface area contributed by atoms with E-state index in [4.69, 9.17) is 4.18 Å². The van der Waals surface area contributed by atoms with Crippen molar-refractivity contribution in [2.24, 2.45) is 34.5 Å². The van der Waals surface area contributed by atoms with E-state index in [2.05, 4.69) is 27.7 Å². The summed E-state index contributed by atoms with van der Waals surface area (Å²) in [6, 6.07) is 0. The van der Waals surface area contributed by atoms with Crippen molar-refractivity contribution in [3.8, 4) is 0 Å². The summed E-state index contributed by atoms with van der Waals surface area (Å²) in [6.07, 6.45) is 6.89. The molecule has 4 rings (SSSR count). The molecule has 0 unspecified atom stereocenters. The van der Waals surface area contributed by atoms with Crippen LogP contribution < -0.4 is 0 Å². The fourth-order valence-electron chi connectivity index (χ4n) is 8.74. The summed E-state index contributed by atoms with van der Waals surface area (Å²) in [6.45, 7) is 11.0. The molecule has 0 radical (unpaired) electrons. The molecular formula is C27H46O7S. The van der Waals surface area contributed by atoms with E-state index < -0.39 is 39.2 Å². The quantitative estimate of drug-likeness (QED) is 0.293. The highest BCUT2D eigenvalue weighted by atomic mass is 32.3. The molecule has 0 bridgehead atoms. The second kappa shape index (κ2) is 9.05. The van der Waals surface area contributed by atoms with Crippen LogP contribution in [0, 0.1) is 34.5 Å². The summed E-state index contributed by atoms with van der Waals surface area (Å²) in [5.41, 5.74) is -3.52. The Kier molecular flexibility index (Phi) is 7.12. The van der Waals surface area contributed by atoms with E-state index in [1.165, 1.54) is 19.3 Å². The van der Waals surface area contributed by atoms with Crippen molar-refractivity contribution in [2.45, 2.75) is 122 Å². The fourth-order valence-corrected chi connectivity index (χ4v) is 9.22. The lowest BCUT2D eigenvalue weighted by atomic mass is 9.43. The second-order valence-corrected chi connectivity index (χ2v) is 14.2. The van der Waals surface area contributed by atoms with Gasteiger partial charge >= 0.3 is 10.4 Å². The Bertz CT molecular complexity index is 947. The van der Waals surface area contributed by atoms with Crippen LogP contribution in [0.15, 0.2) is 11.6 Å². The molecule has 35 heavy (non-hydrogen) atoms. The van der Waals surface area contributed by atoms with Gasteiger partial charge < -0.3 is 15.3 Å². The number of fused-ring (bicyclic) bond motifs is 5. The third-order valence-corrected chi connectivity index (χ3v) is 11.3. The number of aliphatic hydroxyl groups excluding tert-OH is 1. The first-order valence-corrected chi connectivity index (χ1v) is 14.9. The molecule has 3 saturated carbocycles. The van der Waals surface area contributed by atoms with Crippen LogP contribution in [0.3, 0.4) is 0 Å². The van der Waals surface area contributed by atoms with Crippen molar-refractivity contribution in [1.29, 1.82) is 0 Å². The van der Waals surface area contributed by atoms with E-state index >= 15 is 0 Å². The van der Waals surface area contributed by atoms with Crippen molar-refractivity contribution < 1.29 is 32.5 Å². The van der Waals surface area contributed by atoms with Gasteiger partial charge in [-0.15, -0.1) is 0 Å². The lowest BCUT2D eigenvalue weighted by Gasteiger charge is -2.66. The average Bonchev–Trinajstić information content (AvgIpc) is 3.08. The molecular weight excluding hydrogens is 468 g/mol. The van der Waals surface area contributed by atoms with Gasteiger partial charge in [0.2, 0.25) is 0 Å².